The van der Waals surface area contributed by atoms with Crippen molar-refractivity contribution in [3.8, 4) is 0 Å². The van der Waals surface area contributed by atoms with Gasteiger partial charge < -0.3 is 15.0 Å². The Balaban J connectivity index is 1.39. The fourth-order valence-corrected chi connectivity index (χ4v) is 4.50. The molecule has 28 heavy (non-hydrogen) atoms. The van der Waals surface area contributed by atoms with Crippen LogP contribution < -0.4 is 10.2 Å². The first kappa shape index (κ1) is 18.1. The second kappa shape index (κ2) is 7.48. The van der Waals surface area contributed by atoms with Crippen LogP contribution in [0.2, 0.25) is 0 Å². The molecule has 8 heteroatoms. The number of rotatable bonds is 5. The molecule has 0 atom stereocenters. The molecule has 0 bridgehead atoms. The van der Waals surface area contributed by atoms with Gasteiger partial charge in [-0.05, 0) is 39.5 Å². The van der Waals surface area contributed by atoms with Crippen molar-refractivity contribution in [2.75, 3.05) is 49.6 Å². The summed E-state index contributed by atoms with van der Waals surface area (Å²) >= 11 is 0. The summed E-state index contributed by atoms with van der Waals surface area (Å²) in [5.74, 6) is 1.93. The number of anilines is 2. The molecule has 2 aromatic rings. The number of aromatic nitrogens is 4. The molecule has 4 heterocycles. The summed E-state index contributed by atoms with van der Waals surface area (Å²) in [7, 11) is 0. The van der Waals surface area contributed by atoms with E-state index >= 15 is 0 Å². The number of hydrogen-bond donors (Lipinski definition) is 1. The molecule has 2 aromatic heterocycles. The Labute approximate surface area is 166 Å². The van der Waals surface area contributed by atoms with Crippen LogP contribution in [0, 0.1) is 0 Å². The number of morpholine rings is 1. The van der Waals surface area contributed by atoms with E-state index in [1.54, 1.807) is 6.33 Å². The first-order valence-corrected chi connectivity index (χ1v) is 10.8. The molecule has 1 N–H and O–H groups in total. The molecular formula is C20H31N7O. The molecule has 5 rings (SSSR count). The predicted molar refractivity (Wildman–Crippen MR) is 110 cm³/mol. The van der Waals surface area contributed by atoms with Crippen LogP contribution >= 0.6 is 0 Å². The maximum atomic E-state index is 5.52. The Morgan fingerprint density at radius 3 is 2.46 bits per heavy atom. The molecule has 1 saturated carbocycles. The molecule has 0 unspecified atom stereocenters. The van der Waals surface area contributed by atoms with Gasteiger partial charge in [-0.3, -0.25) is 9.47 Å². The lowest BCUT2D eigenvalue weighted by atomic mass is 10.0. The summed E-state index contributed by atoms with van der Waals surface area (Å²) in [6, 6.07) is 1.53. The minimum atomic E-state index is 0.306. The van der Waals surface area contributed by atoms with Crippen molar-refractivity contribution in [3.05, 3.63) is 6.33 Å². The van der Waals surface area contributed by atoms with E-state index in [0.29, 0.717) is 18.1 Å². The zero-order valence-electron chi connectivity index (χ0n) is 17.0. The third-order valence-corrected chi connectivity index (χ3v) is 6.20. The quantitative estimate of drug-likeness (QED) is 0.847. The van der Waals surface area contributed by atoms with Crippen molar-refractivity contribution in [2.24, 2.45) is 0 Å². The average Bonchev–Trinajstić information content (AvgIpc) is 3.45. The Hall–Kier alpha value is -1.93. The molecule has 2 aliphatic heterocycles. The van der Waals surface area contributed by atoms with Gasteiger partial charge in [0.25, 0.3) is 0 Å². The topological polar surface area (TPSA) is 71.3 Å². The monoisotopic (exact) mass is 385 g/mol. The first-order chi connectivity index (χ1) is 13.7. The first-order valence-electron chi connectivity index (χ1n) is 10.8. The third kappa shape index (κ3) is 3.43. The number of nitrogens with zero attached hydrogens (tertiary/aromatic N) is 6. The summed E-state index contributed by atoms with van der Waals surface area (Å²) in [5.41, 5.74) is 1.85. The van der Waals surface area contributed by atoms with Gasteiger partial charge in [0.15, 0.2) is 17.0 Å². The number of hydrogen-bond acceptors (Lipinski definition) is 7. The van der Waals surface area contributed by atoms with Gasteiger partial charge in [-0.25, -0.2) is 15.0 Å². The molecule has 0 radical (unpaired) electrons. The van der Waals surface area contributed by atoms with E-state index in [0.717, 1.165) is 62.3 Å². The van der Waals surface area contributed by atoms with Gasteiger partial charge in [0.05, 0.1) is 13.2 Å². The molecule has 0 spiro atoms. The summed E-state index contributed by atoms with van der Waals surface area (Å²) < 4.78 is 7.80. The van der Waals surface area contributed by atoms with Gasteiger partial charge in [-0.2, -0.15) is 0 Å². The van der Waals surface area contributed by atoms with Crippen molar-refractivity contribution in [1.82, 2.24) is 24.4 Å². The number of piperidine rings is 1. The maximum Gasteiger partial charge on any atom is 0.208 e. The normalized spacial score (nSPS) is 22.3. The van der Waals surface area contributed by atoms with E-state index in [-0.39, 0.29) is 0 Å². The molecular weight excluding hydrogens is 354 g/mol. The van der Waals surface area contributed by atoms with Crippen LogP contribution in [0.5, 0.6) is 0 Å². The lowest BCUT2D eigenvalue weighted by molar-refractivity contribution is 0.0114. The molecule has 2 saturated heterocycles. The van der Waals surface area contributed by atoms with E-state index in [4.69, 9.17) is 9.72 Å². The number of ether oxygens (including phenoxy) is 1. The van der Waals surface area contributed by atoms with Crippen LogP contribution in [-0.2, 0) is 4.74 Å². The van der Waals surface area contributed by atoms with Crippen LogP contribution in [0.1, 0.15) is 45.6 Å². The zero-order chi connectivity index (χ0) is 19.1. The summed E-state index contributed by atoms with van der Waals surface area (Å²) in [4.78, 5) is 19.2. The highest BCUT2D eigenvalue weighted by Crippen LogP contribution is 2.33. The largest absolute Gasteiger partial charge is 0.379 e. The lowest BCUT2D eigenvalue weighted by Crippen LogP contribution is -2.49. The smallest absolute Gasteiger partial charge is 0.208 e. The van der Waals surface area contributed by atoms with E-state index in [1.165, 1.54) is 25.7 Å². The minimum absolute atomic E-state index is 0.306. The predicted octanol–water partition coefficient (Wildman–Crippen LogP) is 2.28. The van der Waals surface area contributed by atoms with Crippen molar-refractivity contribution >= 4 is 22.9 Å². The van der Waals surface area contributed by atoms with Crippen LogP contribution in [-0.4, -0.2) is 75.9 Å². The highest BCUT2D eigenvalue weighted by molar-refractivity contribution is 5.85. The van der Waals surface area contributed by atoms with Gasteiger partial charge in [-0.1, -0.05) is 0 Å². The van der Waals surface area contributed by atoms with Crippen molar-refractivity contribution in [2.45, 2.75) is 57.7 Å². The van der Waals surface area contributed by atoms with E-state index < -0.39 is 0 Å². The van der Waals surface area contributed by atoms with Crippen molar-refractivity contribution < 1.29 is 4.74 Å². The number of nitrogens with one attached hydrogen (secondary N) is 1. The van der Waals surface area contributed by atoms with Gasteiger partial charge in [-0.15, -0.1) is 0 Å². The zero-order valence-corrected chi connectivity index (χ0v) is 17.0. The lowest BCUT2D eigenvalue weighted by Gasteiger charge is -2.40. The Morgan fingerprint density at radius 2 is 1.79 bits per heavy atom. The van der Waals surface area contributed by atoms with Crippen LogP contribution in [0.3, 0.4) is 0 Å². The summed E-state index contributed by atoms with van der Waals surface area (Å²) in [6.07, 6.45) is 6.47. The SMILES string of the molecule is CC(C)n1c(N2CCC(N3CCOCC3)CC2)nc2c(NC3CC3)ncnc21. The van der Waals surface area contributed by atoms with Crippen molar-refractivity contribution in [3.63, 3.8) is 0 Å². The van der Waals surface area contributed by atoms with Gasteiger partial charge in [0, 0.05) is 44.3 Å². The van der Waals surface area contributed by atoms with Gasteiger partial charge >= 0.3 is 0 Å². The molecule has 0 amide bonds. The van der Waals surface area contributed by atoms with E-state index in [9.17, 15) is 0 Å². The molecule has 152 valence electrons. The summed E-state index contributed by atoms with van der Waals surface area (Å²) in [5, 5.41) is 3.53. The maximum absolute atomic E-state index is 5.52. The molecule has 1 aliphatic carbocycles. The third-order valence-electron chi connectivity index (χ3n) is 6.20. The fourth-order valence-electron chi connectivity index (χ4n) is 4.50. The Bertz CT molecular complexity index is 817. The van der Waals surface area contributed by atoms with Crippen LogP contribution in [0.15, 0.2) is 6.33 Å². The highest BCUT2D eigenvalue weighted by atomic mass is 16.5. The van der Waals surface area contributed by atoms with E-state index in [2.05, 4.69) is 43.5 Å². The van der Waals surface area contributed by atoms with Crippen molar-refractivity contribution in [1.29, 1.82) is 0 Å². The Kier molecular flexibility index (Phi) is 4.84. The number of imidazole rings is 1. The van der Waals surface area contributed by atoms with Gasteiger partial charge in [0.1, 0.15) is 6.33 Å². The van der Waals surface area contributed by atoms with Gasteiger partial charge in [0.2, 0.25) is 5.95 Å². The molecule has 8 nitrogen and oxygen atoms in total. The highest BCUT2D eigenvalue weighted by Gasteiger charge is 2.30. The Morgan fingerprint density at radius 1 is 1.04 bits per heavy atom. The summed E-state index contributed by atoms with van der Waals surface area (Å²) in [6.45, 7) is 10.4. The molecule has 3 fully saturated rings. The van der Waals surface area contributed by atoms with Crippen LogP contribution in [0.25, 0.3) is 11.2 Å². The second-order valence-electron chi connectivity index (χ2n) is 8.56. The molecule has 3 aliphatic rings. The van der Waals surface area contributed by atoms with Crippen LogP contribution in [0.4, 0.5) is 11.8 Å². The second-order valence-corrected chi connectivity index (χ2v) is 8.56. The molecule has 0 aromatic carbocycles. The van der Waals surface area contributed by atoms with E-state index in [1.807, 2.05) is 0 Å². The average molecular weight is 386 g/mol. The number of fused-ring (bicyclic) bond motifs is 1. The minimum Gasteiger partial charge on any atom is -0.379 e. The standard InChI is InChI=1S/C20H31N7O/c1-14(2)27-19-17(18(21-13-22-19)23-15-3-4-15)24-20(27)26-7-5-16(6-8-26)25-9-11-28-12-10-25/h13-16H,3-12H2,1-2H3,(H,21,22,23). The fraction of sp³-hybridized carbons (Fsp3) is 0.750.